The lowest BCUT2D eigenvalue weighted by atomic mass is 10.1. The third kappa shape index (κ3) is 4.50. The SMILES string of the molecule is O=C(NNC(=O)c1cccc(S(=O)(=O)N2CCc3sccc3C2)c1)c1ccc(F)cc1. The normalized spacial score (nSPS) is 14.0. The van der Waals surface area contributed by atoms with E-state index in [0.29, 0.717) is 19.5 Å². The van der Waals surface area contributed by atoms with Gasteiger partial charge in [0.2, 0.25) is 10.0 Å². The molecule has 1 aliphatic rings. The Morgan fingerprint density at radius 3 is 2.42 bits per heavy atom. The number of hydrogen-bond donors (Lipinski definition) is 2. The summed E-state index contributed by atoms with van der Waals surface area (Å²) in [7, 11) is -3.78. The summed E-state index contributed by atoms with van der Waals surface area (Å²) < 4.78 is 40.5. The maximum atomic E-state index is 13.1. The van der Waals surface area contributed by atoms with Crippen LogP contribution < -0.4 is 10.9 Å². The van der Waals surface area contributed by atoms with Gasteiger partial charge in [-0.1, -0.05) is 6.07 Å². The lowest BCUT2D eigenvalue weighted by Crippen LogP contribution is -2.41. The van der Waals surface area contributed by atoms with E-state index < -0.39 is 27.7 Å². The first-order chi connectivity index (χ1) is 14.8. The van der Waals surface area contributed by atoms with Gasteiger partial charge in [0.05, 0.1) is 4.90 Å². The minimum Gasteiger partial charge on any atom is -0.267 e. The Hall–Kier alpha value is -3.08. The second-order valence-corrected chi connectivity index (χ2v) is 9.84. The van der Waals surface area contributed by atoms with Crippen molar-refractivity contribution < 1.29 is 22.4 Å². The van der Waals surface area contributed by atoms with Gasteiger partial charge >= 0.3 is 0 Å². The Balaban J connectivity index is 1.45. The molecule has 7 nitrogen and oxygen atoms in total. The quantitative estimate of drug-likeness (QED) is 0.587. The van der Waals surface area contributed by atoms with E-state index in [4.69, 9.17) is 0 Å². The summed E-state index contributed by atoms with van der Waals surface area (Å²) >= 11 is 1.62. The molecule has 0 aliphatic carbocycles. The van der Waals surface area contributed by atoms with Crippen molar-refractivity contribution in [1.82, 2.24) is 15.2 Å². The number of hydrogen-bond acceptors (Lipinski definition) is 5. The predicted molar refractivity (Wildman–Crippen MR) is 113 cm³/mol. The van der Waals surface area contributed by atoms with Crippen molar-refractivity contribution >= 4 is 33.2 Å². The molecule has 31 heavy (non-hydrogen) atoms. The lowest BCUT2D eigenvalue weighted by molar-refractivity contribution is 0.0846. The molecule has 0 bridgehead atoms. The average Bonchev–Trinajstić information content (AvgIpc) is 3.26. The Kier molecular flexibility index (Phi) is 5.86. The molecular weight excluding hydrogens is 441 g/mol. The zero-order chi connectivity index (χ0) is 22.0. The van der Waals surface area contributed by atoms with Crippen LogP contribution in [0.4, 0.5) is 4.39 Å². The van der Waals surface area contributed by atoms with Gasteiger partial charge in [-0.15, -0.1) is 11.3 Å². The van der Waals surface area contributed by atoms with Crippen LogP contribution in [0.3, 0.4) is 0 Å². The molecule has 2 amide bonds. The highest BCUT2D eigenvalue weighted by Crippen LogP contribution is 2.28. The van der Waals surface area contributed by atoms with Crippen LogP contribution in [0, 0.1) is 5.82 Å². The molecule has 10 heteroatoms. The van der Waals surface area contributed by atoms with Crippen LogP contribution in [0.25, 0.3) is 0 Å². The number of nitrogens with zero attached hydrogens (tertiary/aromatic N) is 1. The molecule has 3 aromatic rings. The fourth-order valence-electron chi connectivity index (χ4n) is 3.23. The van der Waals surface area contributed by atoms with Crippen molar-refractivity contribution in [2.45, 2.75) is 17.9 Å². The van der Waals surface area contributed by atoms with Crippen LogP contribution >= 0.6 is 11.3 Å². The molecule has 0 radical (unpaired) electrons. The molecule has 2 aromatic carbocycles. The minimum absolute atomic E-state index is 0.00342. The summed E-state index contributed by atoms with van der Waals surface area (Å²) in [4.78, 5) is 25.7. The van der Waals surface area contributed by atoms with E-state index in [1.54, 1.807) is 11.3 Å². The van der Waals surface area contributed by atoms with E-state index in [-0.39, 0.29) is 16.0 Å². The van der Waals surface area contributed by atoms with Crippen LogP contribution in [0.2, 0.25) is 0 Å². The topological polar surface area (TPSA) is 95.6 Å². The molecule has 2 N–H and O–H groups in total. The van der Waals surface area contributed by atoms with Gasteiger partial charge in [-0.2, -0.15) is 4.31 Å². The molecule has 0 fully saturated rings. The van der Waals surface area contributed by atoms with Crippen molar-refractivity contribution in [3.05, 3.63) is 87.4 Å². The maximum Gasteiger partial charge on any atom is 0.269 e. The highest BCUT2D eigenvalue weighted by atomic mass is 32.2. The van der Waals surface area contributed by atoms with Crippen LogP contribution in [0.5, 0.6) is 0 Å². The number of sulfonamides is 1. The zero-order valence-corrected chi connectivity index (χ0v) is 17.8. The van der Waals surface area contributed by atoms with Crippen molar-refractivity contribution in [2.75, 3.05) is 6.54 Å². The van der Waals surface area contributed by atoms with Crippen LogP contribution in [0.1, 0.15) is 31.2 Å². The summed E-state index contributed by atoms with van der Waals surface area (Å²) in [5.74, 6) is -1.79. The van der Waals surface area contributed by atoms with Crippen LogP contribution in [-0.4, -0.2) is 31.1 Å². The molecule has 0 saturated heterocycles. The summed E-state index contributed by atoms with van der Waals surface area (Å²) in [6, 6.07) is 12.4. The first kappa shape index (κ1) is 21.2. The number of fused-ring (bicyclic) bond motifs is 1. The van der Waals surface area contributed by atoms with Crippen LogP contribution in [0.15, 0.2) is 64.9 Å². The molecule has 2 heterocycles. The van der Waals surface area contributed by atoms with Gasteiger partial charge in [0.1, 0.15) is 5.82 Å². The third-order valence-corrected chi connectivity index (χ3v) is 7.77. The van der Waals surface area contributed by atoms with Gasteiger partial charge in [0, 0.05) is 29.1 Å². The molecule has 1 aromatic heterocycles. The van der Waals surface area contributed by atoms with Crippen LogP contribution in [-0.2, 0) is 23.0 Å². The van der Waals surface area contributed by atoms with Gasteiger partial charge < -0.3 is 0 Å². The van der Waals surface area contributed by atoms with Crippen molar-refractivity contribution in [3.8, 4) is 0 Å². The van der Waals surface area contributed by atoms with E-state index in [1.807, 2.05) is 11.4 Å². The first-order valence-corrected chi connectivity index (χ1v) is 11.7. The zero-order valence-electron chi connectivity index (χ0n) is 16.2. The number of rotatable bonds is 4. The number of carbonyl (C=O) groups excluding carboxylic acids is 2. The summed E-state index contributed by atoms with van der Waals surface area (Å²) in [6.07, 6.45) is 0.655. The fourth-order valence-corrected chi connectivity index (χ4v) is 5.59. The number of nitrogens with one attached hydrogen (secondary N) is 2. The monoisotopic (exact) mass is 459 g/mol. The smallest absolute Gasteiger partial charge is 0.267 e. The number of benzene rings is 2. The Morgan fingerprint density at radius 2 is 1.68 bits per heavy atom. The van der Waals surface area contributed by atoms with Crippen molar-refractivity contribution in [2.24, 2.45) is 0 Å². The Bertz CT molecular complexity index is 1240. The molecule has 1 aliphatic heterocycles. The maximum absolute atomic E-state index is 13.1. The number of carbonyl (C=O) groups is 2. The Labute approximate surface area is 182 Å². The number of thiophene rings is 1. The van der Waals surface area contributed by atoms with E-state index in [1.165, 1.54) is 45.6 Å². The molecule has 0 unspecified atom stereocenters. The standard InChI is InChI=1S/C21H18FN3O4S2/c22-17-6-4-14(5-7-17)20(26)23-24-21(27)15-2-1-3-18(12-15)31(28,29)25-10-8-19-16(13-25)9-11-30-19/h1-7,9,11-12H,8,10,13H2,(H,23,26)(H,24,27). The second-order valence-electron chi connectivity index (χ2n) is 6.90. The first-order valence-electron chi connectivity index (χ1n) is 9.36. The molecule has 0 saturated carbocycles. The van der Waals surface area contributed by atoms with E-state index in [2.05, 4.69) is 10.9 Å². The largest absolute Gasteiger partial charge is 0.269 e. The molecule has 4 rings (SSSR count). The highest BCUT2D eigenvalue weighted by Gasteiger charge is 2.29. The van der Waals surface area contributed by atoms with Gasteiger partial charge in [-0.05, 0) is 65.9 Å². The number of amides is 2. The molecule has 160 valence electrons. The fraction of sp³-hybridized carbons (Fsp3) is 0.143. The van der Waals surface area contributed by atoms with Crippen molar-refractivity contribution in [3.63, 3.8) is 0 Å². The summed E-state index contributed by atoms with van der Waals surface area (Å²) in [5, 5.41) is 1.95. The van der Waals surface area contributed by atoms with Gasteiger partial charge in [0.25, 0.3) is 11.8 Å². The van der Waals surface area contributed by atoms with Gasteiger partial charge in [-0.3, -0.25) is 20.4 Å². The second kappa shape index (κ2) is 8.58. The lowest BCUT2D eigenvalue weighted by Gasteiger charge is -2.26. The third-order valence-electron chi connectivity index (χ3n) is 4.90. The molecule has 0 atom stereocenters. The molecular formula is C21H18FN3O4S2. The summed E-state index contributed by atoms with van der Waals surface area (Å²) in [5.41, 5.74) is 5.70. The van der Waals surface area contributed by atoms with E-state index >= 15 is 0 Å². The van der Waals surface area contributed by atoms with Gasteiger partial charge in [-0.25, -0.2) is 12.8 Å². The van der Waals surface area contributed by atoms with E-state index in [9.17, 15) is 22.4 Å². The highest BCUT2D eigenvalue weighted by molar-refractivity contribution is 7.89. The number of halogens is 1. The minimum atomic E-state index is -3.78. The molecule has 0 spiro atoms. The van der Waals surface area contributed by atoms with Gasteiger partial charge in [0.15, 0.2) is 0 Å². The van der Waals surface area contributed by atoms with E-state index in [0.717, 1.165) is 17.7 Å². The summed E-state index contributed by atoms with van der Waals surface area (Å²) in [6.45, 7) is 0.672. The average molecular weight is 460 g/mol. The number of hydrazine groups is 1. The predicted octanol–water partition coefficient (Wildman–Crippen LogP) is 2.71. The van der Waals surface area contributed by atoms with Crippen molar-refractivity contribution in [1.29, 1.82) is 0 Å². The Morgan fingerprint density at radius 1 is 0.968 bits per heavy atom.